The monoisotopic (exact) mass is 268 g/mol. The molecule has 0 saturated carbocycles. The summed E-state index contributed by atoms with van der Waals surface area (Å²) in [5.41, 5.74) is 9.68. The molecule has 2 N–H and O–H groups in total. The molecule has 2 aromatic rings. The SMILES string of the molecule is Cc1ccccc1CCC(=O)N(C)c1ccc(N)cc1. The van der Waals surface area contributed by atoms with E-state index < -0.39 is 0 Å². The number of nitrogens with two attached hydrogens (primary N) is 1. The van der Waals surface area contributed by atoms with Crippen LogP contribution in [0.4, 0.5) is 11.4 Å². The van der Waals surface area contributed by atoms with Gasteiger partial charge in [0.25, 0.3) is 0 Å². The Labute approximate surface area is 120 Å². The van der Waals surface area contributed by atoms with Crippen LogP contribution in [0.5, 0.6) is 0 Å². The van der Waals surface area contributed by atoms with Crippen molar-refractivity contribution in [3.8, 4) is 0 Å². The first kappa shape index (κ1) is 14.1. The van der Waals surface area contributed by atoms with E-state index in [0.29, 0.717) is 12.1 Å². The van der Waals surface area contributed by atoms with Crippen LogP contribution in [0.3, 0.4) is 0 Å². The summed E-state index contributed by atoms with van der Waals surface area (Å²) in [6.07, 6.45) is 1.27. The van der Waals surface area contributed by atoms with Crippen LogP contribution < -0.4 is 10.6 Å². The highest BCUT2D eigenvalue weighted by Gasteiger charge is 2.11. The van der Waals surface area contributed by atoms with Crippen LogP contribution >= 0.6 is 0 Å². The Kier molecular flexibility index (Phi) is 4.41. The second-order valence-corrected chi connectivity index (χ2v) is 4.97. The van der Waals surface area contributed by atoms with Gasteiger partial charge in [-0.25, -0.2) is 0 Å². The molecule has 0 saturated heterocycles. The smallest absolute Gasteiger partial charge is 0.227 e. The summed E-state index contributed by atoms with van der Waals surface area (Å²) in [5, 5.41) is 0. The minimum Gasteiger partial charge on any atom is -0.399 e. The Morgan fingerprint density at radius 2 is 1.75 bits per heavy atom. The summed E-state index contributed by atoms with van der Waals surface area (Å²) in [4.78, 5) is 13.9. The molecule has 3 nitrogen and oxygen atoms in total. The van der Waals surface area contributed by atoms with Gasteiger partial charge in [0.2, 0.25) is 5.91 Å². The van der Waals surface area contributed by atoms with Gasteiger partial charge in [-0.3, -0.25) is 4.79 Å². The molecule has 0 unspecified atom stereocenters. The lowest BCUT2D eigenvalue weighted by molar-refractivity contribution is -0.118. The van der Waals surface area contributed by atoms with Crippen molar-refractivity contribution in [2.24, 2.45) is 0 Å². The highest BCUT2D eigenvalue weighted by atomic mass is 16.2. The first-order valence-corrected chi connectivity index (χ1v) is 6.74. The predicted molar refractivity (Wildman–Crippen MR) is 83.8 cm³/mol. The molecule has 0 heterocycles. The minimum absolute atomic E-state index is 0.109. The number of carbonyl (C=O) groups excluding carboxylic acids is 1. The maximum Gasteiger partial charge on any atom is 0.227 e. The molecule has 0 aliphatic carbocycles. The van der Waals surface area contributed by atoms with Crippen LogP contribution in [0, 0.1) is 6.92 Å². The number of nitrogen functional groups attached to an aromatic ring is 1. The summed E-state index contributed by atoms with van der Waals surface area (Å²) >= 11 is 0. The lowest BCUT2D eigenvalue weighted by Crippen LogP contribution is -2.26. The highest BCUT2D eigenvalue weighted by molar-refractivity contribution is 5.93. The van der Waals surface area contributed by atoms with E-state index in [-0.39, 0.29) is 5.91 Å². The van der Waals surface area contributed by atoms with E-state index in [1.807, 2.05) is 24.3 Å². The average Bonchev–Trinajstić information content (AvgIpc) is 2.46. The zero-order valence-electron chi connectivity index (χ0n) is 12.0. The zero-order valence-corrected chi connectivity index (χ0v) is 12.0. The van der Waals surface area contributed by atoms with E-state index in [4.69, 9.17) is 5.73 Å². The van der Waals surface area contributed by atoms with Gasteiger partial charge in [-0.2, -0.15) is 0 Å². The second kappa shape index (κ2) is 6.24. The van der Waals surface area contributed by atoms with Crippen molar-refractivity contribution in [3.05, 3.63) is 59.7 Å². The maximum absolute atomic E-state index is 12.2. The number of aryl methyl sites for hydroxylation is 2. The topological polar surface area (TPSA) is 46.3 Å². The number of hydrogen-bond acceptors (Lipinski definition) is 2. The fourth-order valence-electron chi connectivity index (χ4n) is 2.14. The highest BCUT2D eigenvalue weighted by Crippen LogP contribution is 2.17. The third-order valence-electron chi connectivity index (χ3n) is 3.52. The van der Waals surface area contributed by atoms with Gasteiger partial charge >= 0.3 is 0 Å². The number of amides is 1. The molecule has 104 valence electrons. The number of carbonyl (C=O) groups is 1. The van der Waals surface area contributed by atoms with Crippen molar-refractivity contribution in [2.45, 2.75) is 19.8 Å². The molecule has 0 aromatic heterocycles. The predicted octanol–water partition coefficient (Wildman–Crippen LogP) is 3.17. The van der Waals surface area contributed by atoms with Crippen molar-refractivity contribution in [3.63, 3.8) is 0 Å². The number of benzene rings is 2. The van der Waals surface area contributed by atoms with E-state index in [9.17, 15) is 4.79 Å². The minimum atomic E-state index is 0.109. The third-order valence-corrected chi connectivity index (χ3v) is 3.52. The fourth-order valence-corrected chi connectivity index (χ4v) is 2.14. The number of anilines is 2. The van der Waals surface area contributed by atoms with Gasteiger partial charge < -0.3 is 10.6 Å². The molecule has 2 aromatic carbocycles. The van der Waals surface area contributed by atoms with Crippen LogP contribution in [0.2, 0.25) is 0 Å². The molecule has 0 bridgehead atoms. The summed E-state index contributed by atoms with van der Waals surface area (Å²) in [5.74, 6) is 0.109. The van der Waals surface area contributed by atoms with Crippen LogP contribution in [-0.2, 0) is 11.2 Å². The molecule has 0 atom stereocenters. The van der Waals surface area contributed by atoms with Gasteiger partial charge in [-0.1, -0.05) is 24.3 Å². The normalized spacial score (nSPS) is 10.3. The standard InChI is InChI=1S/C17H20N2O/c1-13-5-3-4-6-14(13)7-12-17(20)19(2)16-10-8-15(18)9-11-16/h3-6,8-11H,7,12,18H2,1-2H3. The number of nitrogens with zero attached hydrogens (tertiary/aromatic N) is 1. The summed E-state index contributed by atoms with van der Waals surface area (Å²) in [7, 11) is 1.80. The molecule has 20 heavy (non-hydrogen) atoms. The van der Waals surface area contributed by atoms with Gasteiger partial charge in [0, 0.05) is 24.8 Å². The van der Waals surface area contributed by atoms with Gasteiger partial charge in [0.05, 0.1) is 0 Å². The molecule has 3 heteroatoms. The lowest BCUT2D eigenvalue weighted by Gasteiger charge is -2.17. The molecule has 0 aliphatic rings. The van der Waals surface area contributed by atoms with Gasteiger partial charge in [0.1, 0.15) is 0 Å². The Morgan fingerprint density at radius 3 is 2.40 bits per heavy atom. The van der Waals surface area contributed by atoms with Gasteiger partial charge in [0.15, 0.2) is 0 Å². The maximum atomic E-state index is 12.2. The van der Waals surface area contributed by atoms with Gasteiger partial charge in [-0.05, 0) is 48.7 Å². The Balaban J connectivity index is 1.98. The first-order chi connectivity index (χ1) is 9.58. The summed E-state index contributed by atoms with van der Waals surface area (Å²) < 4.78 is 0. The van der Waals surface area contributed by atoms with Gasteiger partial charge in [-0.15, -0.1) is 0 Å². The molecular formula is C17H20N2O. The Hall–Kier alpha value is -2.29. The Bertz CT molecular complexity index is 590. The van der Waals surface area contributed by atoms with Crippen LogP contribution in [0.25, 0.3) is 0 Å². The molecule has 0 spiro atoms. The molecular weight excluding hydrogens is 248 g/mol. The van der Waals surface area contributed by atoms with E-state index in [1.54, 1.807) is 24.1 Å². The van der Waals surface area contributed by atoms with E-state index in [2.05, 4.69) is 19.1 Å². The van der Waals surface area contributed by atoms with E-state index in [1.165, 1.54) is 11.1 Å². The van der Waals surface area contributed by atoms with Crippen LogP contribution in [-0.4, -0.2) is 13.0 Å². The van der Waals surface area contributed by atoms with Crippen LogP contribution in [0.1, 0.15) is 17.5 Å². The van der Waals surface area contributed by atoms with Crippen molar-refractivity contribution in [1.29, 1.82) is 0 Å². The Morgan fingerprint density at radius 1 is 1.10 bits per heavy atom. The largest absolute Gasteiger partial charge is 0.399 e. The fraction of sp³-hybridized carbons (Fsp3) is 0.235. The third kappa shape index (κ3) is 3.38. The van der Waals surface area contributed by atoms with E-state index >= 15 is 0 Å². The van der Waals surface area contributed by atoms with Crippen molar-refractivity contribution < 1.29 is 4.79 Å². The summed E-state index contributed by atoms with van der Waals surface area (Å²) in [6.45, 7) is 2.07. The van der Waals surface area contributed by atoms with Crippen molar-refractivity contribution >= 4 is 17.3 Å². The second-order valence-electron chi connectivity index (χ2n) is 4.97. The average molecular weight is 268 g/mol. The number of hydrogen-bond donors (Lipinski definition) is 1. The van der Waals surface area contributed by atoms with Crippen molar-refractivity contribution in [2.75, 3.05) is 17.7 Å². The van der Waals surface area contributed by atoms with Crippen LogP contribution in [0.15, 0.2) is 48.5 Å². The quantitative estimate of drug-likeness (QED) is 0.866. The summed E-state index contributed by atoms with van der Waals surface area (Å²) in [6, 6.07) is 15.5. The van der Waals surface area contributed by atoms with E-state index in [0.717, 1.165) is 12.1 Å². The van der Waals surface area contributed by atoms with Crippen molar-refractivity contribution in [1.82, 2.24) is 0 Å². The molecule has 0 aliphatic heterocycles. The number of rotatable bonds is 4. The molecule has 2 rings (SSSR count). The molecule has 1 amide bonds. The lowest BCUT2D eigenvalue weighted by atomic mass is 10.0. The first-order valence-electron chi connectivity index (χ1n) is 6.74. The molecule has 0 fully saturated rings. The zero-order chi connectivity index (χ0) is 14.5. The molecule has 0 radical (unpaired) electrons.